The van der Waals surface area contributed by atoms with E-state index in [9.17, 15) is 4.79 Å². The molecule has 0 aliphatic rings. The number of rotatable bonds is 5. The van der Waals surface area contributed by atoms with Gasteiger partial charge in [-0.2, -0.15) is 0 Å². The zero-order chi connectivity index (χ0) is 13.5. The second-order valence-corrected chi connectivity index (χ2v) is 4.04. The molecule has 0 unspecified atom stereocenters. The zero-order valence-corrected chi connectivity index (χ0v) is 10.8. The number of amides is 1. The fourth-order valence-electron chi connectivity index (χ4n) is 1.55. The number of ether oxygens (including phenoxy) is 1. The van der Waals surface area contributed by atoms with E-state index >= 15 is 0 Å². The van der Waals surface area contributed by atoms with Crippen molar-refractivity contribution in [3.05, 3.63) is 54.4 Å². The Labute approximate surface area is 112 Å². The van der Waals surface area contributed by atoms with Crippen LogP contribution in [-0.2, 0) is 0 Å². The minimum Gasteiger partial charge on any atom is -0.494 e. The second kappa shape index (κ2) is 6.54. The third kappa shape index (κ3) is 3.81. The highest BCUT2D eigenvalue weighted by Crippen LogP contribution is 2.16. The van der Waals surface area contributed by atoms with Gasteiger partial charge in [0.1, 0.15) is 11.4 Å². The Morgan fingerprint density at radius 2 is 2.00 bits per heavy atom. The molecule has 0 atom stereocenters. The third-order valence-electron chi connectivity index (χ3n) is 2.48. The molecule has 0 bridgehead atoms. The number of aromatic nitrogens is 1. The SMILES string of the molecule is CCCOc1ccc(NC(=O)c2ccccn2)cc1. The Morgan fingerprint density at radius 1 is 1.21 bits per heavy atom. The Balaban J connectivity index is 1.98. The minimum absolute atomic E-state index is 0.220. The van der Waals surface area contributed by atoms with Gasteiger partial charge in [0, 0.05) is 11.9 Å². The molecule has 2 aromatic rings. The van der Waals surface area contributed by atoms with Gasteiger partial charge in [0.15, 0.2) is 0 Å². The van der Waals surface area contributed by atoms with Gasteiger partial charge < -0.3 is 10.1 Å². The smallest absolute Gasteiger partial charge is 0.274 e. The van der Waals surface area contributed by atoms with Gasteiger partial charge in [0.05, 0.1) is 6.61 Å². The highest BCUT2D eigenvalue weighted by molar-refractivity contribution is 6.02. The van der Waals surface area contributed by atoms with Crippen molar-refractivity contribution >= 4 is 11.6 Å². The largest absolute Gasteiger partial charge is 0.494 e. The van der Waals surface area contributed by atoms with E-state index in [1.807, 2.05) is 24.3 Å². The topological polar surface area (TPSA) is 51.2 Å². The van der Waals surface area contributed by atoms with Gasteiger partial charge >= 0.3 is 0 Å². The first kappa shape index (κ1) is 13.1. The predicted octanol–water partition coefficient (Wildman–Crippen LogP) is 3.12. The van der Waals surface area contributed by atoms with Crippen LogP contribution in [0.2, 0.25) is 0 Å². The molecule has 0 radical (unpaired) electrons. The average molecular weight is 256 g/mol. The van der Waals surface area contributed by atoms with Gasteiger partial charge in [0.2, 0.25) is 0 Å². The normalized spacial score (nSPS) is 9.95. The number of carbonyl (C=O) groups is 1. The van der Waals surface area contributed by atoms with Gasteiger partial charge in [-0.1, -0.05) is 13.0 Å². The highest BCUT2D eigenvalue weighted by atomic mass is 16.5. The molecule has 19 heavy (non-hydrogen) atoms. The molecule has 4 heteroatoms. The number of benzene rings is 1. The Kier molecular flexibility index (Phi) is 4.50. The molecule has 1 N–H and O–H groups in total. The molecule has 98 valence electrons. The van der Waals surface area contributed by atoms with E-state index in [1.165, 1.54) is 0 Å². The van der Waals surface area contributed by atoms with Crippen molar-refractivity contribution in [2.24, 2.45) is 0 Å². The maximum Gasteiger partial charge on any atom is 0.274 e. The van der Waals surface area contributed by atoms with Crippen LogP contribution in [-0.4, -0.2) is 17.5 Å². The molecule has 1 aromatic carbocycles. The zero-order valence-electron chi connectivity index (χ0n) is 10.8. The van der Waals surface area contributed by atoms with Gasteiger partial charge in [-0.15, -0.1) is 0 Å². The molecule has 0 saturated carbocycles. The monoisotopic (exact) mass is 256 g/mol. The predicted molar refractivity (Wildman–Crippen MR) is 74.4 cm³/mol. The summed E-state index contributed by atoms with van der Waals surface area (Å²) in [7, 11) is 0. The lowest BCUT2D eigenvalue weighted by Gasteiger charge is -2.07. The van der Waals surface area contributed by atoms with Gasteiger partial charge in [0.25, 0.3) is 5.91 Å². The number of hydrogen-bond acceptors (Lipinski definition) is 3. The summed E-state index contributed by atoms with van der Waals surface area (Å²) in [6, 6.07) is 12.5. The first-order valence-corrected chi connectivity index (χ1v) is 6.25. The van der Waals surface area contributed by atoms with E-state index in [0.717, 1.165) is 17.9 Å². The Hall–Kier alpha value is -2.36. The summed E-state index contributed by atoms with van der Waals surface area (Å²) in [5.74, 6) is 0.584. The number of anilines is 1. The molecule has 0 saturated heterocycles. The minimum atomic E-state index is -0.220. The van der Waals surface area contributed by atoms with E-state index in [4.69, 9.17) is 4.74 Å². The number of pyridine rings is 1. The van der Waals surface area contributed by atoms with Crippen LogP contribution in [0.15, 0.2) is 48.7 Å². The van der Waals surface area contributed by atoms with Crippen LogP contribution >= 0.6 is 0 Å². The fourth-order valence-corrected chi connectivity index (χ4v) is 1.55. The maximum atomic E-state index is 11.9. The van der Waals surface area contributed by atoms with E-state index in [-0.39, 0.29) is 5.91 Å². The third-order valence-corrected chi connectivity index (χ3v) is 2.48. The molecule has 4 nitrogen and oxygen atoms in total. The summed E-state index contributed by atoms with van der Waals surface area (Å²) in [5, 5.41) is 2.78. The molecular weight excluding hydrogens is 240 g/mol. The molecule has 0 aliphatic carbocycles. The second-order valence-electron chi connectivity index (χ2n) is 4.04. The summed E-state index contributed by atoms with van der Waals surface area (Å²) < 4.78 is 5.47. The molecule has 1 heterocycles. The molecule has 0 spiro atoms. The van der Waals surface area contributed by atoms with Crippen molar-refractivity contribution in [3.63, 3.8) is 0 Å². The molecular formula is C15H16N2O2. The lowest BCUT2D eigenvalue weighted by atomic mass is 10.3. The number of nitrogens with zero attached hydrogens (tertiary/aromatic N) is 1. The summed E-state index contributed by atoms with van der Waals surface area (Å²) in [5.41, 5.74) is 1.12. The Morgan fingerprint density at radius 3 is 2.63 bits per heavy atom. The van der Waals surface area contributed by atoms with Crippen LogP contribution in [0.1, 0.15) is 23.8 Å². The number of hydrogen-bond donors (Lipinski definition) is 1. The van der Waals surface area contributed by atoms with Crippen LogP contribution in [0.3, 0.4) is 0 Å². The molecule has 1 aromatic heterocycles. The lowest BCUT2D eigenvalue weighted by molar-refractivity contribution is 0.102. The summed E-state index contributed by atoms with van der Waals surface area (Å²) >= 11 is 0. The van der Waals surface area contributed by atoms with Crippen molar-refractivity contribution in [1.29, 1.82) is 0 Å². The standard InChI is InChI=1S/C15H16N2O2/c1-2-11-19-13-8-6-12(7-9-13)17-15(18)14-5-3-4-10-16-14/h3-10H,2,11H2,1H3,(H,17,18). The van der Waals surface area contributed by atoms with Crippen molar-refractivity contribution in [3.8, 4) is 5.75 Å². The van der Waals surface area contributed by atoms with Crippen molar-refractivity contribution in [2.45, 2.75) is 13.3 Å². The van der Waals surface area contributed by atoms with E-state index in [2.05, 4.69) is 17.2 Å². The van der Waals surface area contributed by atoms with Gasteiger partial charge in [-0.25, -0.2) is 0 Å². The van der Waals surface area contributed by atoms with Gasteiger partial charge in [-0.3, -0.25) is 9.78 Å². The van der Waals surface area contributed by atoms with E-state index in [1.54, 1.807) is 24.4 Å². The maximum absolute atomic E-state index is 11.9. The van der Waals surface area contributed by atoms with Crippen molar-refractivity contribution in [1.82, 2.24) is 4.98 Å². The van der Waals surface area contributed by atoms with Gasteiger partial charge in [-0.05, 0) is 42.8 Å². The lowest BCUT2D eigenvalue weighted by Crippen LogP contribution is -2.13. The molecule has 0 aliphatic heterocycles. The molecule has 0 fully saturated rings. The summed E-state index contributed by atoms with van der Waals surface area (Å²) in [4.78, 5) is 15.9. The van der Waals surface area contributed by atoms with Crippen molar-refractivity contribution in [2.75, 3.05) is 11.9 Å². The fraction of sp³-hybridized carbons (Fsp3) is 0.200. The highest BCUT2D eigenvalue weighted by Gasteiger charge is 2.06. The summed E-state index contributed by atoms with van der Waals surface area (Å²) in [6.07, 6.45) is 2.56. The molecule has 2 rings (SSSR count). The van der Waals surface area contributed by atoms with Crippen LogP contribution in [0, 0.1) is 0 Å². The van der Waals surface area contributed by atoms with Crippen LogP contribution in [0.4, 0.5) is 5.69 Å². The van der Waals surface area contributed by atoms with Crippen LogP contribution in [0.5, 0.6) is 5.75 Å². The summed E-state index contributed by atoms with van der Waals surface area (Å²) in [6.45, 7) is 2.75. The first-order chi connectivity index (χ1) is 9.29. The van der Waals surface area contributed by atoms with E-state index in [0.29, 0.717) is 12.3 Å². The average Bonchev–Trinajstić information content (AvgIpc) is 2.47. The molecule has 1 amide bonds. The van der Waals surface area contributed by atoms with Crippen LogP contribution in [0.25, 0.3) is 0 Å². The first-order valence-electron chi connectivity index (χ1n) is 6.25. The number of carbonyl (C=O) groups excluding carboxylic acids is 1. The Bertz CT molecular complexity index is 524. The quantitative estimate of drug-likeness (QED) is 0.894. The number of nitrogens with one attached hydrogen (secondary N) is 1. The van der Waals surface area contributed by atoms with Crippen LogP contribution < -0.4 is 10.1 Å². The van der Waals surface area contributed by atoms with Crippen molar-refractivity contribution < 1.29 is 9.53 Å². The van der Waals surface area contributed by atoms with E-state index < -0.39 is 0 Å².